The summed E-state index contributed by atoms with van der Waals surface area (Å²) in [5.41, 5.74) is 1.000. The Bertz CT molecular complexity index is 599. The second-order valence-corrected chi connectivity index (χ2v) is 7.42. The van der Waals surface area contributed by atoms with Crippen molar-refractivity contribution in [1.82, 2.24) is 15.6 Å². The summed E-state index contributed by atoms with van der Waals surface area (Å²) in [7, 11) is 0. The lowest BCUT2D eigenvalue weighted by molar-refractivity contribution is 0.0825. The third-order valence-electron chi connectivity index (χ3n) is 5.38. The van der Waals surface area contributed by atoms with Crippen molar-refractivity contribution in [3.05, 3.63) is 23.9 Å². The molecule has 3 aliphatic rings. The van der Waals surface area contributed by atoms with Crippen LogP contribution in [-0.4, -0.2) is 35.9 Å². The van der Waals surface area contributed by atoms with Crippen LogP contribution in [0.1, 0.15) is 50.5 Å². The molecule has 2 aliphatic carbocycles. The highest BCUT2D eigenvalue weighted by molar-refractivity contribution is 5.74. The number of aromatic nitrogens is 1. The predicted octanol–water partition coefficient (Wildman–Crippen LogP) is 2.77. The van der Waals surface area contributed by atoms with Gasteiger partial charge >= 0.3 is 6.03 Å². The van der Waals surface area contributed by atoms with Gasteiger partial charge in [0.1, 0.15) is 6.10 Å². The van der Waals surface area contributed by atoms with Crippen LogP contribution < -0.4 is 15.4 Å². The molecule has 1 aromatic rings. The fourth-order valence-corrected chi connectivity index (χ4v) is 3.86. The van der Waals surface area contributed by atoms with Crippen molar-refractivity contribution < 1.29 is 14.3 Å². The van der Waals surface area contributed by atoms with Gasteiger partial charge in [-0.1, -0.05) is 0 Å². The number of ether oxygens (including phenoxy) is 2. The van der Waals surface area contributed by atoms with E-state index in [-0.39, 0.29) is 18.2 Å². The van der Waals surface area contributed by atoms with Crippen molar-refractivity contribution in [2.75, 3.05) is 6.61 Å². The largest absolute Gasteiger partial charge is 0.474 e. The quantitative estimate of drug-likeness (QED) is 0.831. The molecule has 4 rings (SSSR count). The molecule has 25 heavy (non-hydrogen) atoms. The first-order valence-corrected chi connectivity index (χ1v) is 9.55. The molecule has 6 heteroatoms. The number of pyridine rings is 1. The van der Waals surface area contributed by atoms with Crippen LogP contribution in [0.5, 0.6) is 5.88 Å². The lowest BCUT2D eigenvalue weighted by Crippen LogP contribution is -2.46. The molecule has 3 fully saturated rings. The highest BCUT2D eigenvalue weighted by atomic mass is 16.5. The summed E-state index contributed by atoms with van der Waals surface area (Å²) in [6.07, 6.45) is 10.3. The van der Waals surface area contributed by atoms with Crippen molar-refractivity contribution in [1.29, 1.82) is 0 Å². The van der Waals surface area contributed by atoms with Crippen LogP contribution in [0.4, 0.5) is 4.79 Å². The predicted molar refractivity (Wildman–Crippen MR) is 93.4 cm³/mol. The number of hydrogen-bond donors (Lipinski definition) is 2. The van der Waals surface area contributed by atoms with Gasteiger partial charge in [-0.25, -0.2) is 9.78 Å². The highest BCUT2D eigenvalue weighted by Crippen LogP contribution is 2.38. The Hall–Kier alpha value is -1.82. The maximum Gasteiger partial charge on any atom is 0.315 e. The van der Waals surface area contributed by atoms with Crippen molar-refractivity contribution in [2.45, 2.75) is 69.7 Å². The average molecular weight is 345 g/mol. The monoisotopic (exact) mass is 345 g/mol. The normalized spacial score (nSPS) is 26.6. The maximum absolute atomic E-state index is 12.2. The van der Waals surface area contributed by atoms with Crippen LogP contribution >= 0.6 is 0 Å². The number of nitrogens with zero attached hydrogens (tertiary/aromatic N) is 1. The van der Waals surface area contributed by atoms with E-state index >= 15 is 0 Å². The number of amides is 2. The van der Waals surface area contributed by atoms with Gasteiger partial charge in [0.2, 0.25) is 5.88 Å². The van der Waals surface area contributed by atoms with Gasteiger partial charge < -0.3 is 20.1 Å². The summed E-state index contributed by atoms with van der Waals surface area (Å²) >= 11 is 0. The van der Waals surface area contributed by atoms with E-state index in [0.29, 0.717) is 24.4 Å². The average Bonchev–Trinajstić information content (AvgIpc) is 3.13. The zero-order valence-electron chi connectivity index (χ0n) is 14.6. The third kappa shape index (κ3) is 4.42. The summed E-state index contributed by atoms with van der Waals surface area (Å²) in [6, 6.07) is 3.85. The number of carbonyl (C=O) groups is 1. The molecule has 0 unspecified atom stereocenters. The molecule has 1 aliphatic heterocycles. The van der Waals surface area contributed by atoms with E-state index in [4.69, 9.17) is 9.47 Å². The van der Waals surface area contributed by atoms with Gasteiger partial charge in [0.05, 0.1) is 12.1 Å². The molecule has 136 valence electrons. The van der Waals surface area contributed by atoms with Gasteiger partial charge in [-0.3, -0.25) is 0 Å². The molecule has 0 spiro atoms. The molecule has 2 amide bonds. The minimum Gasteiger partial charge on any atom is -0.474 e. The summed E-state index contributed by atoms with van der Waals surface area (Å²) in [5, 5.41) is 6.01. The Kier molecular flexibility index (Phi) is 5.06. The molecule has 2 heterocycles. The summed E-state index contributed by atoms with van der Waals surface area (Å²) in [4.78, 5) is 16.5. The minimum absolute atomic E-state index is 0.128. The summed E-state index contributed by atoms with van der Waals surface area (Å²) in [5.74, 6) is 1.30. The zero-order chi connectivity index (χ0) is 17.1. The van der Waals surface area contributed by atoms with Crippen LogP contribution in [0.3, 0.4) is 0 Å². The topological polar surface area (TPSA) is 72.5 Å². The second-order valence-electron chi connectivity index (χ2n) is 7.42. The number of carbonyl (C=O) groups excluding carboxylic acids is 1. The van der Waals surface area contributed by atoms with Gasteiger partial charge in [0.25, 0.3) is 0 Å². The van der Waals surface area contributed by atoms with Crippen LogP contribution in [0.25, 0.3) is 0 Å². The smallest absolute Gasteiger partial charge is 0.315 e. The third-order valence-corrected chi connectivity index (χ3v) is 5.38. The Morgan fingerprint density at radius 1 is 1.24 bits per heavy atom. The maximum atomic E-state index is 12.2. The lowest BCUT2D eigenvalue weighted by atomic mass is 10.1. The van der Waals surface area contributed by atoms with Crippen LogP contribution in [0.15, 0.2) is 18.3 Å². The fourth-order valence-electron chi connectivity index (χ4n) is 3.86. The number of rotatable bonds is 6. The first kappa shape index (κ1) is 16.6. The van der Waals surface area contributed by atoms with E-state index in [9.17, 15) is 4.79 Å². The van der Waals surface area contributed by atoms with Crippen LogP contribution in [-0.2, 0) is 11.3 Å². The number of urea groups is 1. The minimum atomic E-state index is -0.128. The van der Waals surface area contributed by atoms with Gasteiger partial charge in [0.15, 0.2) is 0 Å². The molecule has 2 atom stereocenters. The first-order valence-electron chi connectivity index (χ1n) is 9.55. The van der Waals surface area contributed by atoms with Crippen LogP contribution in [0.2, 0.25) is 0 Å². The number of nitrogens with one attached hydrogen (secondary N) is 2. The van der Waals surface area contributed by atoms with Gasteiger partial charge in [-0.05, 0) is 62.5 Å². The van der Waals surface area contributed by atoms with E-state index in [1.54, 1.807) is 6.20 Å². The zero-order valence-corrected chi connectivity index (χ0v) is 14.6. The SMILES string of the molecule is O=C(NCc1ccnc(OC2CCCC2)c1)N[C@@H]1CCO[C@@H]1C1CC1. The molecule has 2 saturated carbocycles. The molecule has 1 saturated heterocycles. The fraction of sp³-hybridized carbons (Fsp3) is 0.684. The van der Waals surface area contributed by atoms with E-state index in [2.05, 4.69) is 15.6 Å². The van der Waals surface area contributed by atoms with Crippen LogP contribution in [0, 0.1) is 5.92 Å². The number of hydrogen-bond acceptors (Lipinski definition) is 4. The Labute approximate surface area is 148 Å². The van der Waals surface area contributed by atoms with Crippen molar-refractivity contribution >= 4 is 6.03 Å². The molecule has 0 bridgehead atoms. The van der Waals surface area contributed by atoms with Gasteiger partial charge in [-0.2, -0.15) is 0 Å². The van der Waals surface area contributed by atoms with Gasteiger partial charge in [0, 0.05) is 25.4 Å². The Morgan fingerprint density at radius 2 is 2.08 bits per heavy atom. The summed E-state index contributed by atoms with van der Waals surface area (Å²) in [6.45, 7) is 1.22. The van der Waals surface area contributed by atoms with Crippen molar-refractivity contribution in [3.8, 4) is 5.88 Å². The molecule has 0 radical (unpaired) electrons. The van der Waals surface area contributed by atoms with Gasteiger partial charge in [-0.15, -0.1) is 0 Å². The second kappa shape index (κ2) is 7.60. The molecule has 6 nitrogen and oxygen atoms in total. The molecule has 1 aromatic heterocycles. The Balaban J connectivity index is 1.25. The standard InChI is InChI=1S/C19H27N3O3/c23-19(22-16-8-10-24-18(16)14-5-6-14)21-12-13-7-9-20-17(11-13)25-15-3-1-2-4-15/h7,9,11,14-16,18H,1-6,8,10,12H2,(H2,21,22,23)/t16-,18-/m1/s1. The first-order chi connectivity index (χ1) is 12.3. The van der Waals surface area contributed by atoms with Crippen molar-refractivity contribution in [2.24, 2.45) is 5.92 Å². The summed E-state index contributed by atoms with van der Waals surface area (Å²) < 4.78 is 11.7. The molecule has 2 N–H and O–H groups in total. The van der Waals surface area contributed by atoms with E-state index in [0.717, 1.165) is 31.4 Å². The lowest BCUT2D eigenvalue weighted by Gasteiger charge is -2.19. The van der Waals surface area contributed by atoms with E-state index < -0.39 is 0 Å². The molecule has 0 aromatic carbocycles. The Morgan fingerprint density at radius 3 is 2.88 bits per heavy atom. The molecular weight excluding hydrogens is 318 g/mol. The van der Waals surface area contributed by atoms with E-state index in [1.165, 1.54) is 25.7 Å². The highest BCUT2D eigenvalue weighted by Gasteiger charge is 2.41. The van der Waals surface area contributed by atoms with E-state index in [1.807, 2.05) is 12.1 Å². The molecular formula is C19H27N3O3. The van der Waals surface area contributed by atoms with Crippen molar-refractivity contribution in [3.63, 3.8) is 0 Å².